The van der Waals surface area contributed by atoms with Crippen molar-refractivity contribution in [2.24, 2.45) is 5.14 Å². The van der Waals surface area contributed by atoms with Gasteiger partial charge < -0.3 is 0 Å². The van der Waals surface area contributed by atoms with Crippen LogP contribution in [0.25, 0.3) is 0 Å². The SMILES string of the molecule is NS(=O)(=O)Nc1cccs1. The van der Waals surface area contributed by atoms with Crippen LogP contribution in [0, 0.1) is 0 Å². The molecule has 1 heterocycles. The first-order chi connectivity index (χ1) is 4.58. The van der Waals surface area contributed by atoms with E-state index in [-0.39, 0.29) is 0 Å². The van der Waals surface area contributed by atoms with E-state index in [4.69, 9.17) is 5.14 Å². The van der Waals surface area contributed by atoms with Crippen LogP contribution in [-0.2, 0) is 10.2 Å². The van der Waals surface area contributed by atoms with Gasteiger partial charge in [-0.2, -0.15) is 8.42 Å². The Morgan fingerprint density at radius 1 is 1.60 bits per heavy atom. The zero-order valence-electron chi connectivity index (χ0n) is 4.94. The van der Waals surface area contributed by atoms with Crippen molar-refractivity contribution < 1.29 is 8.42 Å². The zero-order valence-corrected chi connectivity index (χ0v) is 6.58. The molecular formula is C4H6N2O2S2. The lowest BCUT2D eigenvalue weighted by Gasteiger charge is -1.96. The molecule has 1 rings (SSSR count). The molecule has 3 N–H and O–H groups in total. The van der Waals surface area contributed by atoms with Crippen molar-refractivity contribution >= 4 is 26.5 Å². The predicted octanol–water partition coefficient (Wildman–Crippen LogP) is 0.363. The van der Waals surface area contributed by atoms with Gasteiger partial charge in [-0.25, -0.2) is 5.14 Å². The Kier molecular flexibility index (Phi) is 1.93. The molecule has 0 aromatic carbocycles. The molecule has 0 unspecified atom stereocenters. The Hall–Kier alpha value is -0.590. The van der Waals surface area contributed by atoms with Crippen molar-refractivity contribution in [2.45, 2.75) is 0 Å². The van der Waals surface area contributed by atoms with E-state index in [1.54, 1.807) is 17.5 Å². The molecule has 0 bridgehead atoms. The normalized spacial score (nSPS) is 11.3. The van der Waals surface area contributed by atoms with Gasteiger partial charge in [0, 0.05) is 0 Å². The first-order valence-corrected chi connectivity index (χ1v) is 4.84. The molecular weight excluding hydrogens is 172 g/mol. The molecule has 0 aliphatic rings. The highest BCUT2D eigenvalue weighted by Gasteiger charge is 2.00. The molecule has 4 nitrogen and oxygen atoms in total. The summed E-state index contributed by atoms with van der Waals surface area (Å²) in [7, 11) is -3.59. The fourth-order valence-corrected chi connectivity index (χ4v) is 1.83. The molecule has 10 heavy (non-hydrogen) atoms. The van der Waals surface area contributed by atoms with Gasteiger partial charge in [-0.15, -0.1) is 11.3 Å². The van der Waals surface area contributed by atoms with E-state index in [9.17, 15) is 8.42 Å². The number of nitrogens with one attached hydrogen (secondary N) is 1. The van der Waals surface area contributed by atoms with Gasteiger partial charge in [-0.1, -0.05) is 0 Å². The lowest BCUT2D eigenvalue weighted by atomic mass is 10.6. The second-order valence-corrected chi connectivity index (χ2v) is 3.87. The van der Waals surface area contributed by atoms with Crippen molar-refractivity contribution in [3.05, 3.63) is 17.5 Å². The second kappa shape index (κ2) is 2.57. The minimum Gasteiger partial charge on any atom is -0.262 e. The summed E-state index contributed by atoms with van der Waals surface area (Å²) in [6.07, 6.45) is 0. The average Bonchev–Trinajstić information content (AvgIpc) is 2.12. The Bertz CT molecular complexity index is 289. The number of nitrogens with two attached hydrogens (primary N) is 1. The van der Waals surface area contributed by atoms with Gasteiger partial charge in [0.05, 0.1) is 0 Å². The van der Waals surface area contributed by atoms with Gasteiger partial charge in [-0.05, 0) is 17.5 Å². The summed E-state index contributed by atoms with van der Waals surface area (Å²) in [5.74, 6) is 0. The third-order valence-corrected chi connectivity index (χ3v) is 2.18. The Morgan fingerprint density at radius 3 is 2.70 bits per heavy atom. The van der Waals surface area contributed by atoms with Crippen molar-refractivity contribution in [3.63, 3.8) is 0 Å². The van der Waals surface area contributed by atoms with Gasteiger partial charge >= 0.3 is 0 Å². The van der Waals surface area contributed by atoms with E-state index in [2.05, 4.69) is 4.72 Å². The van der Waals surface area contributed by atoms with E-state index in [1.165, 1.54) is 11.3 Å². The lowest BCUT2D eigenvalue weighted by Crippen LogP contribution is -2.20. The van der Waals surface area contributed by atoms with E-state index < -0.39 is 10.2 Å². The number of hydrogen-bond donors (Lipinski definition) is 2. The Balaban J connectivity index is 2.75. The molecule has 0 saturated carbocycles. The van der Waals surface area contributed by atoms with Crippen LogP contribution in [0.1, 0.15) is 0 Å². The van der Waals surface area contributed by atoms with E-state index in [1.807, 2.05) is 0 Å². The van der Waals surface area contributed by atoms with E-state index >= 15 is 0 Å². The van der Waals surface area contributed by atoms with Crippen molar-refractivity contribution in [1.82, 2.24) is 0 Å². The minimum atomic E-state index is -3.59. The highest BCUT2D eigenvalue weighted by molar-refractivity contribution is 7.90. The minimum absolute atomic E-state index is 0.530. The standard InChI is InChI=1S/C4H6N2O2S2/c5-10(7,8)6-4-2-1-3-9-4/h1-3,6H,(H2,5,7,8). The number of thiophene rings is 1. The molecule has 0 fully saturated rings. The second-order valence-electron chi connectivity index (χ2n) is 1.62. The maximum absolute atomic E-state index is 10.4. The number of anilines is 1. The van der Waals surface area contributed by atoms with Crippen LogP contribution in [0.4, 0.5) is 5.00 Å². The summed E-state index contributed by atoms with van der Waals surface area (Å²) in [6, 6.07) is 3.37. The molecule has 0 aliphatic heterocycles. The summed E-state index contributed by atoms with van der Waals surface area (Å²) in [6.45, 7) is 0. The number of hydrogen-bond acceptors (Lipinski definition) is 3. The molecule has 0 spiro atoms. The van der Waals surface area contributed by atoms with E-state index in [0.29, 0.717) is 5.00 Å². The molecule has 6 heteroatoms. The van der Waals surface area contributed by atoms with Crippen LogP contribution in [-0.4, -0.2) is 8.42 Å². The van der Waals surface area contributed by atoms with Gasteiger partial charge in [0.25, 0.3) is 10.2 Å². The largest absolute Gasteiger partial charge is 0.297 e. The molecule has 1 aromatic heterocycles. The maximum Gasteiger partial charge on any atom is 0.297 e. The molecule has 0 radical (unpaired) electrons. The smallest absolute Gasteiger partial charge is 0.262 e. The summed E-state index contributed by atoms with van der Waals surface area (Å²) < 4.78 is 22.9. The molecule has 56 valence electrons. The zero-order chi connectivity index (χ0) is 7.61. The van der Waals surface area contributed by atoms with Gasteiger partial charge in [0.1, 0.15) is 5.00 Å². The van der Waals surface area contributed by atoms with Crippen LogP contribution in [0.5, 0.6) is 0 Å². The van der Waals surface area contributed by atoms with Crippen LogP contribution >= 0.6 is 11.3 Å². The summed E-state index contributed by atoms with van der Waals surface area (Å²) >= 11 is 1.28. The van der Waals surface area contributed by atoms with Crippen LogP contribution in [0.3, 0.4) is 0 Å². The lowest BCUT2D eigenvalue weighted by molar-refractivity contribution is 0.603. The molecule has 1 aromatic rings. The monoisotopic (exact) mass is 178 g/mol. The first-order valence-electron chi connectivity index (χ1n) is 2.42. The van der Waals surface area contributed by atoms with Crippen LogP contribution in [0.2, 0.25) is 0 Å². The highest BCUT2D eigenvalue weighted by Crippen LogP contribution is 2.14. The summed E-state index contributed by atoms with van der Waals surface area (Å²) in [5.41, 5.74) is 0. The van der Waals surface area contributed by atoms with Crippen LogP contribution < -0.4 is 9.86 Å². The van der Waals surface area contributed by atoms with Crippen molar-refractivity contribution in [3.8, 4) is 0 Å². The fourth-order valence-electron chi connectivity index (χ4n) is 0.477. The topological polar surface area (TPSA) is 72.2 Å². The Morgan fingerprint density at radius 2 is 2.30 bits per heavy atom. The quantitative estimate of drug-likeness (QED) is 0.686. The first kappa shape index (κ1) is 7.52. The fraction of sp³-hybridized carbons (Fsp3) is 0. The van der Waals surface area contributed by atoms with Crippen molar-refractivity contribution in [2.75, 3.05) is 4.72 Å². The predicted molar refractivity (Wildman–Crippen MR) is 41.0 cm³/mol. The highest BCUT2D eigenvalue weighted by atomic mass is 32.2. The molecule has 0 saturated heterocycles. The van der Waals surface area contributed by atoms with E-state index in [0.717, 1.165) is 0 Å². The van der Waals surface area contributed by atoms with Crippen molar-refractivity contribution in [1.29, 1.82) is 0 Å². The van der Waals surface area contributed by atoms with Gasteiger partial charge in [0.15, 0.2) is 0 Å². The molecule has 0 atom stereocenters. The molecule has 0 aliphatic carbocycles. The van der Waals surface area contributed by atoms with Gasteiger partial charge in [0.2, 0.25) is 0 Å². The molecule has 0 amide bonds. The summed E-state index contributed by atoms with van der Waals surface area (Å²) in [4.78, 5) is 0. The maximum atomic E-state index is 10.4. The van der Waals surface area contributed by atoms with Gasteiger partial charge in [-0.3, -0.25) is 4.72 Å². The number of rotatable bonds is 2. The Labute approximate surface area is 62.9 Å². The third kappa shape index (κ3) is 2.34. The summed E-state index contributed by atoms with van der Waals surface area (Å²) in [5, 5.41) is 6.98. The average molecular weight is 178 g/mol. The third-order valence-electron chi connectivity index (χ3n) is 0.764. The van der Waals surface area contributed by atoms with Crippen LogP contribution in [0.15, 0.2) is 17.5 Å².